The summed E-state index contributed by atoms with van der Waals surface area (Å²) in [5.74, 6) is 1.02. The summed E-state index contributed by atoms with van der Waals surface area (Å²) >= 11 is 5.97. The number of fused-ring (bicyclic) bond motifs is 1. The molecule has 0 radical (unpaired) electrons. The van der Waals surface area contributed by atoms with Crippen LogP contribution in [0.25, 0.3) is 11.0 Å². The van der Waals surface area contributed by atoms with Crippen molar-refractivity contribution in [3.8, 4) is 0 Å². The molecule has 1 atom stereocenters. The van der Waals surface area contributed by atoms with Crippen LogP contribution in [0.4, 0.5) is 0 Å². The number of rotatable bonds is 3. The smallest absolute Gasteiger partial charge is 0.134 e. The number of hydrogen-bond acceptors (Lipinski definition) is 1. The molecule has 0 aliphatic carbocycles. The van der Waals surface area contributed by atoms with Gasteiger partial charge in [-0.25, -0.2) is 0 Å². The van der Waals surface area contributed by atoms with E-state index in [9.17, 15) is 0 Å². The number of aryl methyl sites for hydroxylation is 2. The van der Waals surface area contributed by atoms with Gasteiger partial charge in [0, 0.05) is 16.3 Å². The average molecular weight is 223 g/mol. The topological polar surface area (TPSA) is 13.1 Å². The SMILES string of the molecule is Cc1oc2ccccc2c1CCC(C)Cl. The molecule has 80 valence electrons. The van der Waals surface area contributed by atoms with E-state index >= 15 is 0 Å². The quantitative estimate of drug-likeness (QED) is 0.706. The number of alkyl halides is 1. The number of halogens is 1. The second-order valence-corrected chi connectivity index (χ2v) is 4.70. The van der Waals surface area contributed by atoms with Crippen LogP contribution < -0.4 is 0 Å². The maximum Gasteiger partial charge on any atom is 0.134 e. The zero-order valence-electron chi connectivity index (χ0n) is 9.09. The van der Waals surface area contributed by atoms with Gasteiger partial charge in [-0.3, -0.25) is 0 Å². The van der Waals surface area contributed by atoms with Crippen molar-refractivity contribution in [1.29, 1.82) is 0 Å². The van der Waals surface area contributed by atoms with Gasteiger partial charge >= 0.3 is 0 Å². The molecule has 0 saturated heterocycles. The van der Waals surface area contributed by atoms with E-state index in [1.165, 1.54) is 10.9 Å². The molecule has 1 aromatic carbocycles. The van der Waals surface area contributed by atoms with Crippen molar-refractivity contribution in [2.75, 3.05) is 0 Å². The van der Waals surface area contributed by atoms with Crippen molar-refractivity contribution in [3.05, 3.63) is 35.6 Å². The van der Waals surface area contributed by atoms with Gasteiger partial charge in [-0.2, -0.15) is 0 Å². The predicted molar refractivity (Wildman–Crippen MR) is 64.6 cm³/mol. The number of hydrogen-bond donors (Lipinski definition) is 0. The predicted octanol–water partition coefficient (Wildman–Crippen LogP) is 4.30. The number of benzene rings is 1. The molecule has 0 N–H and O–H groups in total. The summed E-state index contributed by atoms with van der Waals surface area (Å²) in [6.45, 7) is 4.05. The van der Waals surface area contributed by atoms with E-state index in [1.807, 2.05) is 32.0 Å². The van der Waals surface area contributed by atoms with E-state index in [4.69, 9.17) is 16.0 Å². The molecule has 0 fully saturated rings. The maximum absolute atomic E-state index is 5.97. The summed E-state index contributed by atoms with van der Waals surface area (Å²) < 4.78 is 5.69. The van der Waals surface area contributed by atoms with E-state index in [1.54, 1.807) is 0 Å². The Morgan fingerprint density at radius 3 is 2.80 bits per heavy atom. The first-order valence-corrected chi connectivity index (χ1v) is 5.73. The molecule has 1 heterocycles. The summed E-state index contributed by atoms with van der Waals surface area (Å²) in [5.41, 5.74) is 2.28. The van der Waals surface area contributed by atoms with Crippen LogP contribution in [0.5, 0.6) is 0 Å². The summed E-state index contributed by atoms with van der Waals surface area (Å²) in [7, 11) is 0. The lowest BCUT2D eigenvalue weighted by Crippen LogP contribution is -1.95. The first-order valence-electron chi connectivity index (χ1n) is 5.29. The Morgan fingerprint density at radius 2 is 2.07 bits per heavy atom. The zero-order chi connectivity index (χ0) is 10.8. The molecule has 15 heavy (non-hydrogen) atoms. The lowest BCUT2D eigenvalue weighted by molar-refractivity contribution is 0.570. The van der Waals surface area contributed by atoms with Gasteiger partial charge in [0.1, 0.15) is 11.3 Å². The van der Waals surface area contributed by atoms with Crippen molar-refractivity contribution >= 4 is 22.6 Å². The van der Waals surface area contributed by atoms with Crippen LogP contribution in [0, 0.1) is 6.92 Å². The molecule has 0 bridgehead atoms. The normalized spacial score (nSPS) is 13.3. The molecule has 0 aliphatic rings. The molecule has 1 unspecified atom stereocenters. The molecular weight excluding hydrogens is 208 g/mol. The van der Waals surface area contributed by atoms with E-state index in [0.717, 1.165) is 24.2 Å². The van der Waals surface area contributed by atoms with Crippen molar-refractivity contribution in [2.24, 2.45) is 0 Å². The summed E-state index contributed by atoms with van der Waals surface area (Å²) in [5, 5.41) is 1.45. The largest absolute Gasteiger partial charge is 0.461 e. The van der Waals surface area contributed by atoms with Gasteiger partial charge < -0.3 is 4.42 Å². The van der Waals surface area contributed by atoms with Crippen LogP contribution in [-0.4, -0.2) is 5.38 Å². The molecule has 1 nitrogen and oxygen atoms in total. The first-order chi connectivity index (χ1) is 7.18. The third-order valence-corrected chi connectivity index (χ3v) is 2.91. The summed E-state index contributed by atoms with van der Waals surface area (Å²) in [4.78, 5) is 0. The minimum absolute atomic E-state index is 0.220. The average Bonchev–Trinajstić information content (AvgIpc) is 2.50. The highest BCUT2D eigenvalue weighted by atomic mass is 35.5. The van der Waals surface area contributed by atoms with Gasteiger partial charge in [0.15, 0.2) is 0 Å². The van der Waals surface area contributed by atoms with Gasteiger partial charge in [-0.05, 0) is 32.8 Å². The summed E-state index contributed by atoms with van der Waals surface area (Å²) in [6, 6.07) is 8.17. The van der Waals surface area contributed by atoms with E-state index in [2.05, 4.69) is 6.07 Å². The van der Waals surface area contributed by atoms with Gasteiger partial charge in [0.05, 0.1) is 0 Å². The Hall–Kier alpha value is -0.950. The van der Waals surface area contributed by atoms with Crippen LogP contribution in [0.1, 0.15) is 24.7 Å². The molecule has 2 heteroatoms. The highest BCUT2D eigenvalue weighted by molar-refractivity contribution is 6.20. The Labute approximate surface area is 95.0 Å². The molecular formula is C13H15ClO. The molecule has 1 aromatic heterocycles. The second kappa shape index (κ2) is 4.28. The first kappa shape index (κ1) is 10.6. The molecule has 0 spiro atoms. The monoisotopic (exact) mass is 222 g/mol. The van der Waals surface area contributed by atoms with Gasteiger partial charge in [-0.1, -0.05) is 18.2 Å². The standard InChI is InChI=1S/C13H15ClO/c1-9(14)7-8-11-10(2)15-13-6-4-3-5-12(11)13/h3-6,9H,7-8H2,1-2H3. The number of para-hydroxylation sites is 1. The van der Waals surface area contributed by atoms with Gasteiger partial charge in [0.25, 0.3) is 0 Å². The molecule has 0 saturated carbocycles. The van der Waals surface area contributed by atoms with Crippen molar-refractivity contribution in [2.45, 2.75) is 32.1 Å². The van der Waals surface area contributed by atoms with Crippen molar-refractivity contribution in [1.82, 2.24) is 0 Å². The van der Waals surface area contributed by atoms with E-state index < -0.39 is 0 Å². The second-order valence-electron chi connectivity index (χ2n) is 3.95. The van der Waals surface area contributed by atoms with Crippen LogP contribution in [0.3, 0.4) is 0 Å². The fourth-order valence-electron chi connectivity index (χ4n) is 1.88. The van der Waals surface area contributed by atoms with Crippen LogP contribution in [0.2, 0.25) is 0 Å². The lowest BCUT2D eigenvalue weighted by Gasteiger charge is -2.01. The highest BCUT2D eigenvalue weighted by Gasteiger charge is 2.10. The summed E-state index contributed by atoms with van der Waals surface area (Å²) in [6.07, 6.45) is 1.99. The Bertz CT molecular complexity index is 457. The Morgan fingerprint density at radius 1 is 1.33 bits per heavy atom. The van der Waals surface area contributed by atoms with Crippen LogP contribution in [0.15, 0.2) is 28.7 Å². The molecule has 0 amide bonds. The van der Waals surface area contributed by atoms with Crippen molar-refractivity contribution in [3.63, 3.8) is 0 Å². The minimum atomic E-state index is 0.220. The highest BCUT2D eigenvalue weighted by Crippen LogP contribution is 2.26. The van der Waals surface area contributed by atoms with Crippen LogP contribution >= 0.6 is 11.6 Å². The zero-order valence-corrected chi connectivity index (χ0v) is 9.84. The molecule has 2 rings (SSSR count). The maximum atomic E-state index is 5.97. The molecule has 0 aliphatic heterocycles. The minimum Gasteiger partial charge on any atom is -0.461 e. The number of furan rings is 1. The van der Waals surface area contributed by atoms with Gasteiger partial charge in [-0.15, -0.1) is 11.6 Å². The fourth-order valence-corrected chi connectivity index (χ4v) is 1.98. The van der Waals surface area contributed by atoms with Gasteiger partial charge in [0.2, 0.25) is 0 Å². The molecule has 2 aromatic rings. The third kappa shape index (κ3) is 2.18. The van der Waals surface area contributed by atoms with E-state index in [-0.39, 0.29) is 5.38 Å². The van der Waals surface area contributed by atoms with E-state index in [0.29, 0.717) is 0 Å². The Balaban J connectivity index is 2.36. The lowest BCUT2D eigenvalue weighted by atomic mass is 10.1. The van der Waals surface area contributed by atoms with Crippen molar-refractivity contribution < 1.29 is 4.42 Å². The fraction of sp³-hybridized carbons (Fsp3) is 0.385. The van der Waals surface area contributed by atoms with Crippen LogP contribution in [-0.2, 0) is 6.42 Å². The third-order valence-electron chi connectivity index (χ3n) is 2.69. The Kier molecular flexibility index (Phi) is 3.01.